The molecule has 0 radical (unpaired) electrons. The van der Waals surface area contributed by atoms with Crippen molar-refractivity contribution in [2.24, 2.45) is 0 Å². The number of amides is 1. The van der Waals surface area contributed by atoms with Gasteiger partial charge in [0.2, 0.25) is 0 Å². The molecule has 0 spiro atoms. The molecular weight excluding hydrogens is 340 g/mol. The highest BCUT2D eigenvalue weighted by molar-refractivity contribution is 6.35. The van der Waals surface area contributed by atoms with Crippen molar-refractivity contribution in [1.82, 2.24) is 9.80 Å². The number of benzene rings is 1. The average molecular weight is 363 g/mol. The number of para-hydroxylation sites is 1. The monoisotopic (exact) mass is 362 g/mol. The van der Waals surface area contributed by atoms with Gasteiger partial charge in [0.1, 0.15) is 0 Å². The Morgan fingerprint density at radius 1 is 1.28 bits per heavy atom. The van der Waals surface area contributed by atoms with Crippen LogP contribution in [0.15, 0.2) is 22.6 Å². The molecule has 0 bridgehead atoms. The first-order valence-corrected chi connectivity index (χ1v) is 9.32. The molecule has 2 aliphatic rings. The summed E-state index contributed by atoms with van der Waals surface area (Å²) >= 11 is 6.20. The van der Waals surface area contributed by atoms with Gasteiger partial charge in [-0.15, -0.1) is 0 Å². The van der Waals surface area contributed by atoms with Crippen LogP contribution in [0.1, 0.15) is 29.0 Å². The molecule has 6 heteroatoms. The SMILES string of the molecule is Cc1c(C(=O)N2CCN(CC3CCCO3)CC2)oc2c(Cl)cccc12. The van der Waals surface area contributed by atoms with Crippen molar-refractivity contribution in [3.63, 3.8) is 0 Å². The van der Waals surface area contributed by atoms with Gasteiger partial charge in [-0.3, -0.25) is 9.69 Å². The maximum Gasteiger partial charge on any atom is 0.289 e. The molecule has 2 saturated heterocycles. The van der Waals surface area contributed by atoms with E-state index in [0.29, 0.717) is 22.5 Å². The molecule has 2 aliphatic heterocycles. The zero-order valence-corrected chi connectivity index (χ0v) is 15.2. The molecule has 0 saturated carbocycles. The topological polar surface area (TPSA) is 45.9 Å². The Bertz CT molecular complexity index is 774. The van der Waals surface area contributed by atoms with E-state index in [1.807, 2.05) is 24.0 Å². The van der Waals surface area contributed by atoms with Crippen molar-refractivity contribution < 1.29 is 13.9 Å². The summed E-state index contributed by atoms with van der Waals surface area (Å²) in [5.74, 6) is 0.372. The third-order valence-corrected chi connectivity index (χ3v) is 5.55. The Balaban J connectivity index is 1.44. The number of halogens is 1. The number of rotatable bonds is 3. The smallest absolute Gasteiger partial charge is 0.289 e. The maximum atomic E-state index is 12.9. The summed E-state index contributed by atoms with van der Waals surface area (Å²) in [5, 5.41) is 1.45. The number of carbonyl (C=O) groups excluding carboxylic acids is 1. The normalized spacial score (nSPS) is 22.0. The fourth-order valence-electron chi connectivity index (χ4n) is 3.77. The van der Waals surface area contributed by atoms with Gasteiger partial charge >= 0.3 is 0 Å². The summed E-state index contributed by atoms with van der Waals surface area (Å²) in [7, 11) is 0. The maximum absolute atomic E-state index is 12.9. The summed E-state index contributed by atoms with van der Waals surface area (Å²) in [6.45, 7) is 6.98. The molecule has 25 heavy (non-hydrogen) atoms. The highest BCUT2D eigenvalue weighted by Gasteiger charge is 2.28. The molecular formula is C19H23ClN2O3. The predicted octanol–water partition coefficient (Wildman–Crippen LogP) is 3.33. The predicted molar refractivity (Wildman–Crippen MR) is 97.3 cm³/mol. The molecule has 2 fully saturated rings. The van der Waals surface area contributed by atoms with Crippen LogP contribution in [-0.4, -0.2) is 61.1 Å². The minimum absolute atomic E-state index is 0.0402. The van der Waals surface area contributed by atoms with Gasteiger partial charge in [-0.1, -0.05) is 23.7 Å². The summed E-state index contributed by atoms with van der Waals surface area (Å²) in [6.07, 6.45) is 2.68. The van der Waals surface area contributed by atoms with Crippen molar-refractivity contribution in [3.8, 4) is 0 Å². The number of ether oxygens (including phenoxy) is 1. The van der Waals surface area contributed by atoms with Crippen LogP contribution >= 0.6 is 11.6 Å². The van der Waals surface area contributed by atoms with E-state index >= 15 is 0 Å². The van der Waals surface area contributed by atoms with Gasteiger partial charge in [-0.05, 0) is 25.8 Å². The Hall–Kier alpha value is -1.56. The van der Waals surface area contributed by atoms with E-state index in [9.17, 15) is 4.79 Å². The largest absolute Gasteiger partial charge is 0.449 e. The van der Waals surface area contributed by atoms with Crippen LogP contribution < -0.4 is 0 Å². The van der Waals surface area contributed by atoms with Crippen molar-refractivity contribution >= 4 is 28.5 Å². The van der Waals surface area contributed by atoms with Crippen molar-refractivity contribution in [2.75, 3.05) is 39.3 Å². The Labute approximate surface area is 152 Å². The number of hydrogen-bond acceptors (Lipinski definition) is 4. The number of carbonyl (C=O) groups is 1. The third kappa shape index (κ3) is 3.28. The second-order valence-electron chi connectivity index (χ2n) is 6.90. The van der Waals surface area contributed by atoms with E-state index in [1.54, 1.807) is 6.07 Å². The summed E-state index contributed by atoms with van der Waals surface area (Å²) in [6, 6.07) is 5.60. The Morgan fingerprint density at radius 3 is 2.76 bits per heavy atom. The first-order valence-electron chi connectivity index (χ1n) is 8.94. The molecule has 5 nitrogen and oxygen atoms in total. The molecule has 2 aromatic rings. The lowest BCUT2D eigenvalue weighted by Gasteiger charge is -2.35. The first-order chi connectivity index (χ1) is 12.1. The second kappa shape index (κ2) is 6.98. The van der Waals surface area contributed by atoms with Crippen LogP contribution in [-0.2, 0) is 4.74 Å². The molecule has 0 N–H and O–H groups in total. The molecule has 1 amide bonds. The molecule has 1 atom stereocenters. The van der Waals surface area contributed by atoms with E-state index in [4.69, 9.17) is 20.8 Å². The zero-order valence-electron chi connectivity index (χ0n) is 14.5. The van der Waals surface area contributed by atoms with Crippen LogP contribution in [0.3, 0.4) is 0 Å². The Kier molecular flexibility index (Phi) is 4.71. The van der Waals surface area contributed by atoms with Gasteiger partial charge in [0.25, 0.3) is 5.91 Å². The van der Waals surface area contributed by atoms with Crippen molar-refractivity contribution in [2.45, 2.75) is 25.9 Å². The number of nitrogens with zero attached hydrogens (tertiary/aromatic N) is 2. The fourth-order valence-corrected chi connectivity index (χ4v) is 3.98. The number of piperazine rings is 1. The fraction of sp³-hybridized carbons (Fsp3) is 0.526. The molecule has 1 aromatic carbocycles. The van der Waals surface area contributed by atoms with E-state index in [1.165, 1.54) is 0 Å². The van der Waals surface area contributed by atoms with E-state index in [2.05, 4.69) is 4.90 Å². The zero-order chi connectivity index (χ0) is 17.4. The first kappa shape index (κ1) is 16.9. The standard InChI is InChI=1S/C19H23ClN2O3/c1-13-15-5-2-6-16(20)18(15)25-17(13)19(23)22-9-7-21(8-10-22)12-14-4-3-11-24-14/h2,5-6,14H,3-4,7-12H2,1H3. The van der Waals surface area contributed by atoms with E-state index in [-0.39, 0.29) is 5.91 Å². The minimum Gasteiger partial charge on any atom is -0.449 e. The summed E-state index contributed by atoms with van der Waals surface area (Å²) < 4.78 is 11.5. The van der Waals surface area contributed by atoms with Crippen LogP contribution in [0.25, 0.3) is 11.0 Å². The molecule has 4 rings (SSSR count). The van der Waals surface area contributed by atoms with E-state index < -0.39 is 0 Å². The molecule has 0 aliphatic carbocycles. The van der Waals surface area contributed by atoms with Gasteiger partial charge in [-0.2, -0.15) is 0 Å². The highest BCUT2D eigenvalue weighted by Crippen LogP contribution is 2.31. The van der Waals surface area contributed by atoms with Gasteiger partial charge in [0.05, 0.1) is 11.1 Å². The van der Waals surface area contributed by atoms with Gasteiger partial charge in [0, 0.05) is 50.3 Å². The summed E-state index contributed by atoms with van der Waals surface area (Å²) in [4.78, 5) is 17.2. The quantitative estimate of drug-likeness (QED) is 0.840. The van der Waals surface area contributed by atoms with E-state index in [0.717, 1.165) is 63.1 Å². The third-order valence-electron chi connectivity index (χ3n) is 5.26. The lowest BCUT2D eigenvalue weighted by Crippen LogP contribution is -2.50. The van der Waals surface area contributed by atoms with Crippen LogP contribution in [0.4, 0.5) is 0 Å². The number of hydrogen-bond donors (Lipinski definition) is 0. The minimum atomic E-state index is -0.0402. The van der Waals surface area contributed by atoms with Gasteiger partial charge in [0.15, 0.2) is 11.3 Å². The lowest BCUT2D eigenvalue weighted by molar-refractivity contribution is 0.0417. The average Bonchev–Trinajstić information content (AvgIpc) is 3.24. The van der Waals surface area contributed by atoms with Crippen LogP contribution in [0, 0.1) is 6.92 Å². The number of furan rings is 1. The van der Waals surface area contributed by atoms with Gasteiger partial charge in [-0.25, -0.2) is 0 Å². The van der Waals surface area contributed by atoms with Crippen molar-refractivity contribution in [3.05, 3.63) is 34.5 Å². The van der Waals surface area contributed by atoms with Crippen LogP contribution in [0.5, 0.6) is 0 Å². The molecule has 1 unspecified atom stereocenters. The lowest BCUT2D eigenvalue weighted by atomic mass is 10.1. The molecule has 1 aromatic heterocycles. The van der Waals surface area contributed by atoms with Crippen molar-refractivity contribution in [1.29, 1.82) is 0 Å². The number of aryl methyl sites for hydroxylation is 1. The molecule has 3 heterocycles. The summed E-state index contributed by atoms with van der Waals surface area (Å²) in [5.41, 5.74) is 1.46. The van der Waals surface area contributed by atoms with Gasteiger partial charge < -0.3 is 14.1 Å². The number of fused-ring (bicyclic) bond motifs is 1. The van der Waals surface area contributed by atoms with Crippen LogP contribution in [0.2, 0.25) is 5.02 Å². The molecule has 134 valence electrons. The second-order valence-corrected chi connectivity index (χ2v) is 7.31. The highest BCUT2D eigenvalue weighted by atomic mass is 35.5. The Morgan fingerprint density at radius 2 is 2.08 bits per heavy atom.